The lowest BCUT2D eigenvalue weighted by Crippen LogP contribution is -2.00. The third-order valence-corrected chi connectivity index (χ3v) is 2.46. The Hall–Kier alpha value is -1.03. The van der Waals surface area contributed by atoms with Crippen LogP contribution in [0.3, 0.4) is 0 Å². The number of hydrogen-bond acceptors (Lipinski definition) is 3. The van der Waals surface area contributed by atoms with Crippen LogP contribution in [0.4, 0.5) is 0 Å². The lowest BCUT2D eigenvalue weighted by Gasteiger charge is -2.03. The Kier molecular flexibility index (Phi) is 3.76. The summed E-state index contributed by atoms with van der Waals surface area (Å²) in [6.07, 6.45) is 2.00. The molecule has 0 aliphatic carbocycles. The van der Waals surface area contributed by atoms with Crippen LogP contribution in [0.1, 0.15) is 29.4 Å². The van der Waals surface area contributed by atoms with E-state index in [1.54, 1.807) is 11.4 Å². The summed E-state index contributed by atoms with van der Waals surface area (Å²) in [6.45, 7) is 2.66. The number of carbonyl (C=O) groups is 1. The minimum absolute atomic E-state index is 0.288. The quantitative estimate of drug-likeness (QED) is 0.743. The number of carboxylic acids is 1. The van der Waals surface area contributed by atoms with E-state index in [-0.39, 0.29) is 4.88 Å². The molecule has 1 aromatic heterocycles. The van der Waals surface area contributed by atoms with Crippen molar-refractivity contribution in [2.45, 2.75) is 19.8 Å². The van der Waals surface area contributed by atoms with Gasteiger partial charge in [0.05, 0.1) is 6.61 Å². The molecule has 1 aromatic rings. The number of rotatable bonds is 5. The maximum atomic E-state index is 10.6. The smallest absolute Gasteiger partial charge is 0.349 e. The van der Waals surface area contributed by atoms with Crippen molar-refractivity contribution in [3.63, 3.8) is 0 Å². The van der Waals surface area contributed by atoms with E-state index in [1.165, 1.54) is 11.3 Å². The van der Waals surface area contributed by atoms with Crippen LogP contribution in [0.2, 0.25) is 0 Å². The van der Waals surface area contributed by atoms with Gasteiger partial charge in [0.25, 0.3) is 0 Å². The van der Waals surface area contributed by atoms with Crippen LogP contribution in [-0.4, -0.2) is 17.7 Å². The SMILES string of the molecule is CCCCOc1ccsc1C(=O)O. The maximum Gasteiger partial charge on any atom is 0.349 e. The molecular formula is C9H12O3S. The topological polar surface area (TPSA) is 46.5 Å². The van der Waals surface area contributed by atoms with E-state index in [1.807, 2.05) is 0 Å². The maximum absolute atomic E-state index is 10.6. The minimum Gasteiger partial charge on any atom is -0.492 e. The molecule has 1 rings (SSSR count). The fraction of sp³-hybridized carbons (Fsp3) is 0.444. The van der Waals surface area contributed by atoms with Crippen LogP contribution in [0, 0.1) is 0 Å². The predicted octanol–water partition coefficient (Wildman–Crippen LogP) is 2.63. The highest BCUT2D eigenvalue weighted by atomic mass is 32.1. The highest BCUT2D eigenvalue weighted by molar-refractivity contribution is 7.12. The fourth-order valence-corrected chi connectivity index (χ4v) is 1.57. The standard InChI is InChI=1S/C9H12O3S/c1-2-3-5-12-7-4-6-13-8(7)9(10)11/h4,6H,2-3,5H2,1H3,(H,10,11). The highest BCUT2D eigenvalue weighted by Crippen LogP contribution is 2.24. The zero-order valence-electron chi connectivity index (χ0n) is 7.45. The average Bonchev–Trinajstić information content (AvgIpc) is 2.53. The summed E-state index contributed by atoms with van der Waals surface area (Å²) in [6, 6.07) is 1.70. The number of aromatic carboxylic acids is 1. The molecule has 72 valence electrons. The fourth-order valence-electron chi connectivity index (χ4n) is 0.894. The highest BCUT2D eigenvalue weighted by Gasteiger charge is 2.11. The van der Waals surface area contributed by atoms with Gasteiger partial charge in [-0.1, -0.05) is 13.3 Å². The van der Waals surface area contributed by atoms with Crippen molar-refractivity contribution in [3.8, 4) is 5.75 Å². The van der Waals surface area contributed by atoms with Crippen molar-refractivity contribution in [2.24, 2.45) is 0 Å². The Balaban J connectivity index is 2.55. The van der Waals surface area contributed by atoms with Crippen LogP contribution < -0.4 is 4.74 Å². The minimum atomic E-state index is -0.915. The normalized spacial score (nSPS) is 9.92. The van der Waals surface area contributed by atoms with E-state index < -0.39 is 5.97 Å². The molecule has 13 heavy (non-hydrogen) atoms. The van der Waals surface area contributed by atoms with Crippen molar-refractivity contribution < 1.29 is 14.6 Å². The van der Waals surface area contributed by atoms with Crippen molar-refractivity contribution in [3.05, 3.63) is 16.3 Å². The summed E-state index contributed by atoms with van der Waals surface area (Å²) < 4.78 is 5.31. The molecule has 0 saturated heterocycles. The Bertz CT molecular complexity index is 280. The molecule has 3 nitrogen and oxygen atoms in total. The zero-order chi connectivity index (χ0) is 9.68. The molecule has 0 atom stereocenters. The van der Waals surface area contributed by atoms with Crippen LogP contribution in [0.5, 0.6) is 5.75 Å². The second-order valence-electron chi connectivity index (χ2n) is 2.62. The van der Waals surface area contributed by atoms with Gasteiger partial charge in [-0.3, -0.25) is 0 Å². The summed E-state index contributed by atoms with van der Waals surface area (Å²) in [5.74, 6) is -0.424. The molecular weight excluding hydrogens is 188 g/mol. The molecule has 0 amide bonds. The first-order valence-electron chi connectivity index (χ1n) is 4.19. The van der Waals surface area contributed by atoms with Gasteiger partial charge in [0.1, 0.15) is 5.75 Å². The van der Waals surface area contributed by atoms with Gasteiger partial charge in [0.15, 0.2) is 4.88 Å². The molecule has 0 aliphatic heterocycles. The molecule has 0 radical (unpaired) electrons. The predicted molar refractivity (Wildman–Crippen MR) is 51.7 cm³/mol. The molecule has 0 aliphatic rings. The summed E-state index contributed by atoms with van der Waals surface area (Å²) in [5.41, 5.74) is 0. The van der Waals surface area contributed by atoms with Crippen molar-refractivity contribution in [1.29, 1.82) is 0 Å². The zero-order valence-corrected chi connectivity index (χ0v) is 8.26. The van der Waals surface area contributed by atoms with Gasteiger partial charge in [0.2, 0.25) is 0 Å². The van der Waals surface area contributed by atoms with Gasteiger partial charge in [-0.2, -0.15) is 0 Å². The number of unbranched alkanes of at least 4 members (excludes halogenated alkanes) is 1. The number of carboxylic acid groups (broad SMARTS) is 1. The van der Waals surface area contributed by atoms with Crippen LogP contribution in [0.25, 0.3) is 0 Å². The monoisotopic (exact) mass is 200 g/mol. The van der Waals surface area contributed by atoms with Crippen molar-refractivity contribution in [2.75, 3.05) is 6.61 Å². The summed E-state index contributed by atoms with van der Waals surface area (Å²) in [5, 5.41) is 10.5. The van der Waals surface area contributed by atoms with E-state index in [9.17, 15) is 4.79 Å². The second kappa shape index (κ2) is 4.87. The van der Waals surface area contributed by atoms with Crippen LogP contribution in [0.15, 0.2) is 11.4 Å². The Morgan fingerprint density at radius 1 is 1.69 bits per heavy atom. The summed E-state index contributed by atoms with van der Waals surface area (Å²) in [4.78, 5) is 10.9. The Morgan fingerprint density at radius 3 is 3.08 bits per heavy atom. The van der Waals surface area contributed by atoms with Gasteiger partial charge in [0, 0.05) is 0 Å². The van der Waals surface area contributed by atoms with Gasteiger partial charge < -0.3 is 9.84 Å². The molecule has 0 saturated carbocycles. The van der Waals surface area contributed by atoms with E-state index in [4.69, 9.17) is 9.84 Å². The van der Waals surface area contributed by atoms with Gasteiger partial charge in [-0.15, -0.1) is 11.3 Å². The molecule has 0 fully saturated rings. The van der Waals surface area contributed by atoms with Gasteiger partial charge in [-0.05, 0) is 17.9 Å². The molecule has 0 bridgehead atoms. The van der Waals surface area contributed by atoms with Crippen LogP contribution >= 0.6 is 11.3 Å². The molecule has 0 unspecified atom stereocenters. The second-order valence-corrected chi connectivity index (χ2v) is 3.54. The van der Waals surface area contributed by atoms with E-state index in [2.05, 4.69) is 6.92 Å². The van der Waals surface area contributed by atoms with Crippen molar-refractivity contribution >= 4 is 17.3 Å². The first-order valence-corrected chi connectivity index (χ1v) is 5.07. The van der Waals surface area contributed by atoms with Gasteiger partial charge >= 0.3 is 5.97 Å². The summed E-state index contributed by atoms with van der Waals surface area (Å²) >= 11 is 1.19. The summed E-state index contributed by atoms with van der Waals surface area (Å²) in [7, 11) is 0. The molecule has 0 spiro atoms. The third-order valence-electron chi connectivity index (χ3n) is 1.58. The van der Waals surface area contributed by atoms with Crippen LogP contribution in [-0.2, 0) is 0 Å². The first kappa shape index (κ1) is 10.1. The lowest BCUT2D eigenvalue weighted by atomic mass is 10.3. The molecule has 1 heterocycles. The molecule has 0 aromatic carbocycles. The Labute approximate surface area is 81.0 Å². The van der Waals surface area contributed by atoms with E-state index in [0.717, 1.165) is 12.8 Å². The third kappa shape index (κ3) is 2.73. The number of hydrogen-bond donors (Lipinski definition) is 1. The van der Waals surface area contributed by atoms with Gasteiger partial charge in [-0.25, -0.2) is 4.79 Å². The average molecular weight is 200 g/mol. The number of ether oxygens (including phenoxy) is 1. The number of thiophene rings is 1. The Morgan fingerprint density at radius 2 is 2.46 bits per heavy atom. The van der Waals surface area contributed by atoms with E-state index >= 15 is 0 Å². The first-order chi connectivity index (χ1) is 6.25. The van der Waals surface area contributed by atoms with Crippen molar-refractivity contribution in [1.82, 2.24) is 0 Å². The van der Waals surface area contributed by atoms with E-state index in [0.29, 0.717) is 12.4 Å². The molecule has 1 N–H and O–H groups in total. The lowest BCUT2D eigenvalue weighted by molar-refractivity contribution is 0.0698. The molecule has 4 heteroatoms. The largest absolute Gasteiger partial charge is 0.492 e.